The maximum atomic E-state index is 6.82. The van der Waals surface area contributed by atoms with Gasteiger partial charge >= 0.3 is 0 Å². The molecule has 0 bridgehead atoms. The van der Waals surface area contributed by atoms with Crippen LogP contribution in [-0.2, 0) is 7.05 Å². The summed E-state index contributed by atoms with van der Waals surface area (Å²) < 4.78 is 8.76. The van der Waals surface area contributed by atoms with Crippen LogP contribution in [0.15, 0.2) is 30.6 Å². The fraction of sp³-hybridized carbons (Fsp3) is 0.593. The highest BCUT2D eigenvalue weighted by Crippen LogP contribution is 2.42. The molecule has 4 rings (SSSR count). The number of hydrogen-bond acceptors (Lipinski definition) is 6. The van der Waals surface area contributed by atoms with Crippen LogP contribution in [0.5, 0.6) is 5.75 Å². The fourth-order valence-electron chi connectivity index (χ4n) is 5.90. The van der Waals surface area contributed by atoms with Crippen LogP contribution in [0.2, 0.25) is 16.6 Å². The van der Waals surface area contributed by atoms with Crippen molar-refractivity contribution in [3.63, 3.8) is 0 Å². The first-order valence-corrected chi connectivity index (χ1v) is 15.4. The highest BCUT2D eigenvalue weighted by Gasteiger charge is 2.46. The molecule has 0 atom stereocenters. The minimum absolute atomic E-state index is 0.445. The van der Waals surface area contributed by atoms with E-state index in [9.17, 15) is 0 Å². The molecule has 1 fully saturated rings. The van der Waals surface area contributed by atoms with Crippen LogP contribution in [0.3, 0.4) is 0 Å². The molecule has 0 radical (unpaired) electrons. The van der Waals surface area contributed by atoms with Crippen molar-refractivity contribution >= 4 is 36.9 Å². The van der Waals surface area contributed by atoms with Crippen LogP contribution in [0.25, 0.3) is 11.2 Å². The van der Waals surface area contributed by atoms with Crippen LogP contribution >= 0.6 is 0 Å². The first-order valence-electron chi connectivity index (χ1n) is 13.2. The van der Waals surface area contributed by atoms with Crippen molar-refractivity contribution in [1.82, 2.24) is 19.5 Å². The summed E-state index contributed by atoms with van der Waals surface area (Å²) in [5.74, 6) is 2.33. The number of benzene rings is 1. The summed E-state index contributed by atoms with van der Waals surface area (Å²) in [5.41, 5.74) is 4.19. The molecule has 2 N–H and O–H groups in total. The maximum absolute atomic E-state index is 6.82. The van der Waals surface area contributed by atoms with Gasteiger partial charge in [0.1, 0.15) is 5.75 Å². The minimum Gasteiger partial charge on any atom is -0.543 e. The molecule has 2 heterocycles. The molecular weight excluding hydrogens is 452 g/mol. The molecule has 1 aliphatic rings. The van der Waals surface area contributed by atoms with E-state index in [1.54, 1.807) is 6.33 Å². The van der Waals surface area contributed by atoms with E-state index >= 15 is 0 Å². The number of nitrogens with one attached hydrogen (secondary N) is 2. The van der Waals surface area contributed by atoms with Gasteiger partial charge in [-0.1, -0.05) is 60.8 Å². The van der Waals surface area contributed by atoms with Gasteiger partial charge in [-0.05, 0) is 53.7 Å². The Labute approximate surface area is 211 Å². The lowest BCUT2D eigenvalue weighted by Crippen LogP contribution is -2.50. The topological polar surface area (TPSA) is 76.9 Å². The molecule has 0 unspecified atom stereocenters. The summed E-state index contributed by atoms with van der Waals surface area (Å²) in [6.07, 6.45) is 8.01. The molecule has 0 saturated heterocycles. The van der Waals surface area contributed by atoms with Crippen LogP contribution in [0.1, 0.15) is 73.6 Å². The highest BCUT2D eigenvalue weighted by atomic mass is 28.4. The molecule has 2 aromatic heterocycles. The van der Waals surface area contributed by atoms with Gasteiger partial charge in [-0.15, -0.1) is 0 Å². The van der Waals surface area contributed by atoms with Crippen molar-refractivity contribution in [3.05, 3.63) is 30.6 Å². The Kier molecular flexibility index (Phi) is 7.69. The first kappa shape index (κ1) is 25.5. The highest BCUT2D eigenvalue weighted by molar-refractivity contribution is 6.78. The molecule has 8 heteroatoms. The quantitative estimate of drug-likeness (QED) is 0.302. The van der Waals surface area contributed by atoms with Crippen molar-refractivity contribution < 1.29 is 4.43 Å². The third-order valence-electron chi connectivity index (χ3n) is 7.62. The number of nitrogens with zero attached hydrogens (tertiary/aromatic N) is 4. The van der Waals surface area contributed by atoms with Gasteiger partial charge < -0.3 is 19.6 Å². The number of anilines is 3. The molecule has 35 heavy (non-hydrogen) atoms. The molecule has 0 amide bonds. The van der Waals surface area contributed by atoms with E-state index in [4.69, 9.17) is 14.4 Å². The Morgan fingerprint density at radius 2 is 1.54 bits per heavy atom. The SMILES string of the molecule is CC(C)[Si](Oc1ccc(Nc2nc(NC3CCCCC3)c3ncn(C)c3n2)cc1)(C(C)C)C(C)C. The molecule has 0 aliphatic heterocycles. The molecule has 1 aromatic carbocycles. The van der Waals surface area contributed by atoms with Crippen LogP contribution in [0.4, 0.5) is 17.5 Å². The second-order valence-corrected chi connectivity index (χ2v) is 16.3. The van der Waals surface area contributed by atoms with E-state index in [-0.39, 0.29) is 0 Å². The number of hydrogen-bond donors (Lipinski definition) is 2. The van der Waals surface area contributed by atoms with Gasteiger partial charge in [-0.25, -0.2) is 4.98 Å². The van der Waals surface area contributed by atoms with E-state index in [1.807, 2.05) is 11.6 Å². The van der Waals surface area contributed by atoms with Gasteiger partial charge in [0.2, 0.25) is 5.95 Å². The Morgan fingerprint density at radius 1 is 0.914 bits per heavy atom. The average molecular weight is 495 g/mol. The molecule has 190 valence electrons. The lowest BCUT2D eigenvalue weighted by Gasteiger charge is -2.42. The van der Waals surface area contributed by atoms with Crippen LogP contribution in [0, 0.1) is 0 Å². The summed E-state index contributed by atoms with van der Waals surface area (Å²) in [6.45, 7) is 13.9. The van der Waals surface area contributed by atoms with E-state index in [1.165, 1.54) is 32.1 Å². The van der Waals surface area contributed by atoms with Crippen molar-refractivity contribution in [1.29, 1.82) is 0 Å². The van der Waals surface area contributed by atoms with Crippen molar-refractivity contribution in [2.24, 2.45) is 7.05 Å². The van der Waals surface area contributed by atoms with Gasteiger partial charge in [0.15, 0.2) is 17.0 Å². The number of aryl methyl sites for hydroxylation is 1. The number of fused-ring (bicyclic) bond motifs is 1. The van der Waals surface area contributed by atoms with Gasteiger partial charge in [0.25, 0.3) is 8.32 Å². The lowest BCUT2D eigenvalue weighted by molar-refractivity contribution is 0.462. The van der Waals surface area contributed by atoms with Crippen molar-refractivity contribution in [3.8, 4) is 5.75 Å². The van der Waals surface area contributed by atoms with Gasteiger partial charge in [0, 0.05) is 18.8 Å². The summed E-state index contributed by atoms with van der Waals surface area (Å²) in [7, 11) is -0.0120. The smallest absolute Gasteiger partial charge is 0.258 e. The van der Waals surface area contributed by atoms with E-state index in [0.717, 1.165) is 28.4 Å². The summed E-state index contributed by atoms with van der Waals surface area (Å²) in [6, 6.07) is 8.70. The standard InChI is InChI=1S/C27H42N6OSi/c1-18(2)35(19(3)4,20(5)6)34-23-15-13-22(14-16-23)30-27-31-25(29-21-11-9-8-10-12-21)24-26(32-27)33(7)17-28-24/h13-21H,8-12H2,1-7H3,(H2,29,30,31,32). The number of rotatable bonds is 9. The van der Waals surface area contributed by atoms with Crippen LogP contribution in [-0.4, -0.2) is 33.9 Å². The zero-order chi connectivity index (χ0) is 25.2. The first-order chi connectivity index (χ1) is 16.7. The van der Waals surface area contributed by atoms with Gasteiger partial charge in [-0.3, -0.25) is 0 Å². The molecular formula is C27H42N6OSi. The second kappa shape index (κ2) is 10.6. The van der Waals surface area contributed by atoms with E-state index in [0.29, 0.717) is 28.6 Å². The lowest BCUT2D eigenvalue weighted by atomic mass is 9.95. The van der Waals surface area contributed by atoms with Gasteiger partial charge in [0.05, 0.1) is 6.33 Å². The summed E-state index contributed by atoms with van der Waals surface area (Å²) in [5, 5.41) is 7.05. The predicted molar refractivity (Wildman–Crippen MR) is 148 cm³/mol. The summed E-state index contributed by atoms with van der Waals surface area (Å²) >= 11 is 0. The fourth-order valence-corrected chi connectivity index (χ4v) is 11.1. The zero-order valence-electron chi connectivity index (χ0n) is 22.4. The Morgan fingerprint density at radius 3 is 2.14 bits per heavy atom. The van der Waals surface area contributed by atoms with Crippen molar-refractivity contribution in [2.45, 2.75) is 96.3 Å². The number of imidazole rings is 1. The zero-order valence-corrected chi connectivity index (χ0v) is 23.4. The Hall–Kier alpha value is -2.61. The maximum Gasteiger partial charge on any atom is 0.258 e. The largest absolute Gasteiger partial charge is 0.543 e. The Balaban J connectivity index is 1.56. The molecule has 3 aromatic rings. The van der Waals surface area contributed by atoms with Crippen molar-refractivity contribution in [2.75, 3.05) is 10.6 Å². The molecule has 1 aliphatic carbocycles. The van der Waals surface area contributed by atoms with Gasteiger partial charge in [-0.2, -0.15) is 9.97 Å². The minimum atomic E-state index is -1.98. The third-order valence-corrected chi connectivity index (χ3v) is 13.6. The molecule has 7 nitrogen and oxygen atoms in total. The van der Waals surface area contributed by atoms with Crippen LogP contribution < -0.4 is 15.1 Å². The summed E-state index contributed by atoms with van der Waals surface area (Å²) in [4.78, 5) is 14.1. The second-order valence-electron chi connectivity index (χ2n) is 11.0. The van der Waals surface area contributed by atoms with E-state index in [2.05, 4.69) is 81.4 Å². The normalized spacial score (nSPS) is 15.4. The monoisotopic (exact) mass is 494 g/mol. The predicted octanol–water partition coefficient (Wildman–Crippen LogP) is 7.41. The molecule has 1 saturated carbocycles. The third kappa shape index (κ3) is 5.32. The molecule has 0 spiro atoms. The Bertz CT molecular complexity index is 1100. The average Bonchev–Trinajstić information content (AvgIpc) is 3.19. The number of aromatic nitrogens is 4. The van der Waals surface area contributed by atoms with E-state index < -0.39 is 8.32 Å².